The Labute approximate surface area is 182 Å². The molecule has 0 unspecified atom stereocenters. The van der Waals surface area contributed by atoms with Crippen LogP contribution in [0.3, 0.4) is 0 Å². The molecule has 0 aromatic heterocycles. The molecule has 11 heteroatoms. The number of piperidine rings is 1. The Kier molecular flexibility index (Phi) is 4.59. The first-order valence-electron chi connectivity index (χ1n) is 10.1. The molecule has 11 nitrogen and oxygen atoms in total. The number of hydrogen-bond acceptors (Lipinski definition) is 9. The van der Waals surface area contributed by atoms with E-state index in [0.717, 1.165) is 0 Å². The molecular formula is C21H21N3O8. The zero-order valence-electron chi connectivity index (χ0n) is 17.3. The zero-order valence-corrected chi connectivity index (χ0v) is 17.3. The van der Waals surface area contributed by atoms with Crippen LogP contribution in [0.2, 0.25) is 0 Å². The highest BCUT2D eigenvalue weighted by Gasteiger charge is 2.63. The number of benzene rings is 2. The molecule has 0 saturated carbocycles. The van der Waals surface area contributed by atoms with Crippen molar-refractivity contribution in [2.75, 3.05) is 13.6 Å². The molecule has 2 aromatic rings. The lowest BCUT2D eigenvalue weighted by molar-refractivity contribution is -0.605. The topological polar surface area (TPSA) is 135 Å². The number of nitro groups is 2. The molecular weight excluding hydrogens is 422 g/mol. The van der Waals surface area contributed by atoms with Crippen molar-refractivity contribution in [3.63, 3.8) is 0 Å². The maximum absolute atomic E-state index is 12.2. The Bertz CT molecular complexity index is 1020. The van der Waals surface area contributed by atoms with Crippen molar-refractivity contribution < 1.29 is 28.8 Å². The van der Waals surface area contributed by atoms with Crippen LogP contribution in [0.15, 0.2) is 36.4 Å². The van der Waals surface area contributed by atoms with Crippen molar-refractivity contribution >= 4 is 0 Å². The molecule has 2 aromatic carbocycles. The maximum Gasteiger partial charge on any atom is 0.243 e. The molecule has 0 bridgehead atoms. The van der Waals surface area contributed by atoms with Gasteiger partial charge in [-0.05, 0) is 49.2 Å². The van der Waals surface area contributed by atoms with Gasteiger partial charge in [-0.2, -0.15) is 0 Å². The van der Waals surface area contributed by atoms with Crippen molar-refractivity contribution in [2.45, 2.75) is 38.0 Å². The minimum Gasteiger partial charge on any atom is -0.454 e. The van der Waals surface area contributed by atoms with Crippen molar-refractivity contribution in [1.29, 1.82) is 0 Å². The van der Waals surface area contributed by atoms with E-state index in [1.807, 2.05) is 0 Å². The molecule has 3 heterocycles. The molecule has 3 aliphatic heterocycles. The summed E-state index contributed by atoms with van der Waals surface area (Å²) in [4.78, 5) is 23.5. The van der Waals surface area contributed by atoms with E-state index >= 15 is 0 Å². The summed E-state index contributed by atoms with van der Waals surface area (Å²) in [5.74, 6) is 2.08. The average Bonchev–Trinajstić information content (AvgIpc) is 3.39. The summed E-state index contributed by atoms with van der Waals surface area (Å²) in [5.41, 5.74) is -0.103. The predicted octanol–water partition coefficient (Wildman–Crippen LogP) is 2.85. The van der Waals surface area contributed by atoms with Gasteiger partial charge in [-0.1, -0.05) is 12.1 Å². The van der Waals surface area contributed by atoms with Crippen molar-refractivity contribution in [3.8, 4) is 23.0 Å². The van der Waals surface area contributed by atoms with Gasteiger partial charge in [0, 0.05) is 9.85 Å². The second kappa shape index (κ2) is 7.23. The highest BCUT2D eigenvalue weighted by atomic mass is 16.7. The van der Waals surface area contributed by atoms with Crippen LogP contribution in [0, 0.1) is 25.6 Å². The first-order valence-corrected chi connectivity index (χ1v) is 10.1. The Morgan fingerprint density at radius 2 is 1.19 bits per heavy atom. The van der Waals surface area contributed by atoms with Crippen LogP contribution in [0.5, 0.6) is 23.0 Å². The molecule has 168 valence electrons. The second-order valence-corrected chi connectivity index (χ2v) is 8.63. The number of rotatable bonds is 4. The molecule has 1 saturated heterocycles. The molecule has 4 atom stereocenters. The van der Waals surface area contributed by atoms with E-state index in [4.69, 9.17) is 18.9 Å². The van der Waals surface area contributed by atoms with Crippen LogP contribution in [0.25, 0.3) is 0 Å². The Hall–Kier alpha value is -3.60. The standard InChI is InChI=1S/C21H21N3O8/c1-21(2)19(23(25)26)17(11-3-5-13-15(7-11)31-9-29-13)22-18(20(21)24(27)28)12-4-6-14-16(8-12)32-10-30-14/h3-8,17-20,22H,9-10H2,1-2H3/t17-,18-,19+,20+/m0/s1. The van der Waals surface area contributed by atoms with E-state index < -0.39 is 39.4 Å². The molecule has 32 heavy (non-hydrogen) atoms. The second-order valence-electron chi connectivity index (χ2n) is 8.63. The lowest BCUT2D eigenvalue weighted by Crippen LogP contribution is -2.63. The summed E-state index contributed by atoms with van der Waals surface area (Å²) in [6, 6.07) is 6.08. The summed E-state index contributed by atoms with van der Waals surface area (Å²) >= 11 is 0. The SMILES string of the molecule is CC1(C)[C@H]([N+](=O)[O-])[C@H](c2ccc3c(c2)OCO3)N[C@@H](c2ccc3c(c2)OCO3)[C@H]1[N+](=O)[O-]. The van der Waals surface area contributed by atoms with Crippen LogP contribution in [0.1, 0.15) is 37.1 Å². The fraction of sp³-hybridized carbons (Fsp3) is 0.429. The number of nitrogens with zero attached hydrogens (tertiary/aromatic N) is 2. The fourth-order valence-corrected chi connectivity index (χ4v) is 4.97. The number of nitrogens with one attached hydrogen (secondary N) is 1. The lowest BCUT2D eigenvalue weighted by Gasteiger charge is -2.44. The van der Waals surface area contributed by atoms with E-state index in [1.165, 1.54) is 0 Å². The fourth-order valence-electron chi connectivity index (χ4n) is 4.97. The van der Waals surface area contributed by atoms with E-state index in [-0.39, 0.29) is 13.6 Å². The van der Waals surface area contributed by atoms with Crippen molar-refractivity contribution in [3.05, 3.63) is 67.8 Å². The van der Waals surface area contributed by atoms with Gasteiger partial charge in [-0.25, -0.2) is 0 Å². The number of fused-ring (bicyclic) bond motifs is 2. The summed E-state index contributed by atoms with van der Waals surface area (Å²) < 4.78 is 21.6. The highest BCUT2D eigenvalue weighted by Crippen LogP contribution is 2.49. The summed E-state index contributed by atoms with van der Waals surface area (Å²) in [7, 11) is 0. The van der Waals surface area contributed by atoms with E-state index in [2.05, 4.69) is 5.32 Å². The van der Waals surface area contributed by atoms with Crippen LogP contribution in [-0.4, -0.2) is 35.5 Å². The highest BCUT2D eigenvalue weighted by molar-refractivity contribution is 5.47. The Morgan fingerprint density at radius 1 is 0.781 bits per heavy atom. The minimum atomic E-state index is -1.29. The average molecular weight is 443 g/mol. The first-order chi connectivity index (χ1) is 15.3. The quantitative estimate of drug-likeness (QED) is 0.559. The largest absolute Gasteiger partial charge is 0.454 e. The van der Waals surface area contributed by atoms with E-state index in [1.54, 1.807) is 50.2 Å². The monoisotopic (exact) mass is 443 g/mol. The normalized spacial score (nSPS) is 27.2. The van der Waals surface area contributed by atoms with Crippen molar-refractivity contribution in [1.82, 2.24) is 5.32 Å². The molecule has 0 amide bonds. The van der Waals surface area contributed by atoms with E-state index in [9.17, 15) is 20.2 Å². The van der Waals surface area contributed by atoms with Crippen LogP contribution in [0.4, 0.5) is 0 Å². The molecule has 0 radical (unpaired) electrons. The molecule has 0 aliphatic carbocycles. The first kappa shape index (κ1) is 20.3. The number of ether oxygens (including phenoxy) is 4. The summed E-state index contributed by atoms with van der Waals surface area (Å²) in [5, 5.41) is 27.6. The summed E-state index contributed by atoms with van der Waals surface area (Å²) in [6.07, 6.45) is 0. The third-order valence-electron chi connectivity index (χ3n) is 6.48. The smallest absolute Gasteiger partial charge is 0.243 e. The Balaban J connectivity index is 1.62. The van der Waals surface area contributed by atoms with Gasteiger partial charge in [0.1, 0.15) is 17.5 Å². The minimum absolute atomic E-state index is 0.0737. The van der Waals surface area contributed by atoms with Gasteiger partial charge in [0.2, 0.25) is 25.7 Å². The Morgan fingerprint density at radius 3 is 1.59 bits per heavy atom. The predicted molar refractivity (Wildman–Crippen MR) is 109 cm³/mol. The van der Waals surface area contributed by atoms with Gasteiger partial charge in [0.15, 0.2) is 23.0 Å². The zero-order chi connectivity index (χ0) is 22.6. The van der Waals surface area contributed by atoms with Crippen LogP contribution >= 0.6 is 0 Å². The van der Waals surface area contributed by atoms with Gasteiger partial charge in [0.05, 0.1) is 0 Å². The van der Waals surface area contributed by atoms with Crippen LogP contribution in [-0.2, 0) is 0 Å². The van der Waals surface area contributed by atoms with Gasteiger partial charge in [-0.3, -0.25) is 25.5 Å². The molecule has 0 spiro atoms. The summed E-state index contributed by atoms with van der Waals surface area (Å²) in [6.45, 7) is 3.30. The van der Waals surface area contributed by atoms with Crippen molar-refractivity contribution in [2.24, 2.45) is 5.41 Å². The van der Waals surface area contributed by atoms with Crippen LogP contribution < -0.4 is 24.3 Å². The molecule has 3 aliphatic rings. The lowest BCUT2D eigenvalue weighted by atomic mass is 9.66. The van der Waals surface area contributed by atoms with Gasteiger partial charge < -0.3 is 18.9 Å². The van der Waals surface area contributed by atoms with E-state index in [0.29, 0.717) is 34.1 Å². The number of hydrogen-bond donors (Lipinski definition) is 1. The molecule has 5 rings (SSSR count). The maximum atomic E-state index is 12.2. The van der Waals surface area contributed by atoms with Gasteiger partial charge in [-0.15, -0.1) is 0 Å². The van der Waals surface area contributed by atoms with Gasteiger partial charge >= 0.3 is 0 Å². The van der Waals surface area contributed by atoms with Gasteiger partial charge in [0.25, 0.3) is 0 Å². The molecule has 1 fully saturated rings. The molecule has 1 N–H and O–H groups in total. The third-order valence-corrected chi connectivity index (χ3v) is 6.48. The third kappa shape index (κ3) is 3.08.